The summed E-state index contributed by atoms with van der Waals surface area (Å²) >= 11 is 0. The van der Waals surface area contributed by atoms with Crippen molar-refractivity contribution in [3.05, 3.63) is 146 Å². The van der Waals surface area contributed by atoms with Gasteiger partial charge in [0.1, 0.15) is 0 Å². The molecule has 0 nitrogen and oxygen atoms in total. The molecule has 0 atom stereocenters. The van der Waals surface area contributed by atoms with Gasteiger partial charge in [0.15, 0.2) is 0 Å². The molecular weight excluding hydrogens is 456 g/mol. The van der Waals surface area contributed by atoms with Crippen LogP contribution in [0.3, 0.4) is 0 Å². The highest BCUT2D eigenvalue weighted by molar-refractivity contribution is 6.26. The molecule has 0 heteroatoms. The molecule has 8 rings (SSSR count). The van der Waals surface area contributed by atoms with Gasteiger partial charge >= 0.3 is 0 Å². The molecule has 0 aliphatic rings. The normalized spacial score (nSPS) is 11.7. The molecule has 0 aromatic heterocycles. The lowest BCUT2D eigenvalue weighted by Crippen LogP contribution is -1.88. The third kappa shape index (κ3) is 3.17. The van der Waals surface area contributed by atoms with Crippen molar-refractivity contribution in [3.63, 3.8) is 0 Å². The molecule has 0 aliphatic heterocycles. The van der Waals surface area contributed by atoms with Gasteiger partial charge in [-0.15, -0.1) is 0 Å². The molecule has 38 heavy (non-hydrogen) atoms. The second-order valence-corrected chi connectivity index (χ2v) is 10.1. The van der Waals surface area contributed by atoms with E-state index in [1.54, 1.807) is 0 Å². The first-order valence-electron chi connectivity index (χ1n) is 13.2. The van der Waals surface area contributed by atoms with Gasteiger partial charge in [0, 0.05) is 0 Å². The molecule has 0 radical (unpaired) electrons. The minimum absolute atomic E-state index is 1.25. The maximum atomic E-state index is 2.40. The van der Waals surface area contributed by atoms with Crippen molar-refractivity contribution in [1.82, 2.24) is 0 Å². The smallest absolute Gasteiger partial charge is 0.00928 e. The summed E-state index contributed by atoms with van der Waals surface area (Å²) in [5, 5.41) is 12.9. The Morgan fingerprint density at radius 1 is 0.237 bits per heavy atom. The van der Waals surface area contributed by atoms with Gasteiger partial charge in [0.05, 0.1) is 0 Å². The number of fused-ring (bicyclic) bond motifs is 8. The molecule has 0 heterocycles. The predicted octanol–water partition coefficient (Wildman–Crippen LogP) is 10.8. The lowest BCUT2D eigenvalue weighted by molar-refractivity contribution is 1.65. The molecule has 0 amide bonds. The van der Waals surface area contributed by atoms with E-state index in [1.807, 2.05) is 0 Å². The van der Waals surface area contributed by atoms with Crippen LogP contribution < -0.4 is 0 Å². The van der Waals surface area contributed by atoms with E-state index in [2.05, 4.69) is 146 Å². The Kier molecular flexibility index (Phi) is 4.62. The predicted molar refractivity (Wildman–Crippen MR) is 165 cm³/mol. The van der Waals surface area contributed by atoms with Crippen molar-refractivity contribution in [2.24, 2.45) is 0 Å². The Morgan fingerprint density at radius 3 is 1.42 bits per heavy atom. The summed E-state index contributed by atoms with van der Waals surface area (Å²) in [6.45, 7) is 0. The van der Waals surface area contributed by atoms with Crippen LogP contribution in [0.5, 0.6) is 0 Å². The SMILES string of the molecule is c1ccc2c(-c3cc(-c4ccc5c6ccccc6c6ccccc6c5c4)c4ccccc4c3)cccc2c1. The first-order valence-corrected chi connectivity index (χ1v) is 13.2. The van der Waals surface area contributed by atoms with Gasteiger partial charge in [-0.2, -0.15) is 0 Å². The summed E-state index contributed by atoms with van der Waals surface area (Å²) in [5.41, 5.74) is 5.03. The monoisotopic (exact) mass is 480 g/mol. The molecule has 0 saturated carbocycles. The fourth-order valence-electron chi connectivity index (χ4n) is 6.26. The van der Waals surface area contributed by atoms with E-state index < -0.39 is 0 Å². The van der Waals surface area contributed by atoms with Gasteiger partial charge in [-0.3, -0.25) is 0 Å². The van der Waals surface area contributed by atoms with E-state index >= 15 is 0 Å². The first kappa shape index (κ1) is 21.2. The molecule has 176 valence electrons. The van der Waals surface area contributed by atoms with E-state index in [0.29, 0.717) is 0 Å². The van der Waals surface area contributed by atoms with E-state index in [4.69, 9.17) is 0 Å². The molecule has 8 aromatic carbocycles. The average molecular weight is 481 g/mol. The van der Waals surface area contributed by atoms with Crippen molar-refractivity contribution in [3.8, 4) is 22.3 Å². The number of benzene rings is 8. The standard InChI is InChI=1S/C38H24/c1-3-13-29-25(10-1)12-9-19-31(29)28-22-26-11-2-4-14-30(26)37(24-28)27-20-21-36-34-17-6-5-15-32(34)33-16-7-8-18-35(33)38(36)23-27/h1-24H. The van der Waals surface area contributed by atoms with Crippen LogP contribution in [-0.2, 0) is 0 Å². The fourth-order valence-corrected chi connectivity index (χ4v) is 6.26. The maximum Gasteiger partial charge on any atom is -0.00928 e. The van der Waals surface area contributed by atoms with Gasteiger partial charge < -0.3 is 0 Å². The summed E-state index contributed by atoms with van der Waals surface area (Å²) in [6.07, 6.45) is 0. The summed E-state index contributed by atoms with van der Waals surface area (Å²) in [6, 6.07) is 53.4. The lowest BCUT2D eigenvalue weighted by atomic mass is 9.88. The van der Waals surface area contributed by atoms with Crippen LogP contribution >= 0.6 is 0 Å². The van der Waals surface area contributed by atoms with Crippen molar-refractivity contribution in [1.29, 1.82) is 0 Å². The molecule has 0 unspecified atom stereocenters. The quantitative estimate of drug-likeness (QED) is 0.216. The molecule has 0 N–H and O–H groups in total. The molecular formula is C38H24. The highest BCUT2D eigenvalue weighted by atomic mass is 14.2. The molecule has 0 bridgehead atoms. The van der Waals surface area contributed by atoms with E-state index in [1.165, 1.54) is 76.1 Å². The minimum Gasteiger partial charge on any atom is -0.0616 e. The number of rotatable bonds is 2. The van der Waals surface area contributed by atoms with Crippen LogP contribution in [-0.4, -0.2) is 0 Å². The lowest BCUT2D eigenvalue weighted by Gasteiger charge is -2.15. The van der Waals surface area contributed by atoms with Crippen LogP contribution in [0.25, 0.3) is 76.1 Å². The van der Waals surface area contributed by atoms with Gasteiger partial charge in [-0.25, -0.2) is 0 Å². The number of hydrogen-bond donors (Lipinski definition) is 0. The zero-order valence-corrected chi connectivity index (χ0v) is 20.9. The fraction of sp³-hybridized carbons (Fsp3) is 0. The van der Waals surface area contributed by atoms with Crippen LogP contribution in [0, 0.1) is 0 Å². The average Bonchev–Trinajstić information content (AvgIpc) is 3.00. The molecule has 0 spiro atoms. The minimum atomic E-state index is 1.25. The Morgan fingerprint density at radius 2 is 0.737 bits per heavy atom. The zero-order chi connectivity index (χ0) is 25.1. The van der Waals surface area contributed by atoms with Crippen LogP contribution in [0.1, 0.15) is 0 Å². The van der Waals surface area contributed by atoms with Crippen LogP contribution in [0.2, 0.25) is 0 Å². The van der Waals surface area contributed by atoms with Gasteiger partial charge in [0.2, 0.25) is 0 Å². The van der Waals surface area contributed by atoms with Gasteiger partial charge in [-0.1, -0.05) is 127 Å². The summed E-state index contributed by atoms with van der Waals surface area (Å²) in [5.74, 6) is 0. The highest BCUT2D eigenvalue weighted by Crippen LogP contribution is 2.40. The summed E-state index contributed by atoms with van der Waals surface area (Å²) in [7, 11) is 0. The van der Waals surface area contributed by atoms with E-state index in [0.717, 1.165) is 0 Å². The van der Waals surface area contributed by atoms with Crippen molar-refractivity contribution < 1.29 is 0 Å². The van der Waals surface area contributed by atoms with Crippen molar-refractivity contribution >= 4 is 53.9 Å². The maximum absolute atomic E-state index is 2.40. The summed E-state index contributed by atoms with van der Waals surface area (Å²) < 4.78 is 0. The van der Waals surface area contributed by atoms with Gasteiger partial charge in [-0.05, 0) is 94.3 Å². The summed E-state index contributed by atoms with van der Waals surface area (Å²) in [4.78, 5) is 0. The zero-order valence-electron chi connectivity index (χ0n) is 20.9. The Labute approximate surface area is 221 Å². The van der Waals surface area contributed by atoms with Crippen LogP contribution in [0.4, 0.5) is 0 Å². The molecule has 0 aliphatic carbocycles. The van der Waals surface area contributed by atoms with Gasteiger partial charge in [0.25, 0.3) is 0 Å². The highest BCUT2D eigenvalue weighted by Gasteiger charge is 2.13. The molecule has 0 fully saturated rings. The van der Waals surface area contributed by atoms with E-state index in [-0.39, 0.29) is 0 Å². The Hall–Kier alpha value is -4.94. The largest absolute Gasteiger partial charge is 0.0616 e. The third-order valence-corrected chi connectivity index (χ3v) is 8.02. The third-order valence-electron chi connectivity index (χ3n) is 8.02. The second kappa shape index (κ2) is 8.30. The van der Waals surface area contributed by atoms with Crippen molar-refractivity contribution in [2.45, 2.75) is 0 Å². The molecule has 8 aromatic rings. The number of hydrogen-bond acceptors (Lipinski definition) is 0. The topological polar surface area (TPSA) is 0 Å². The second-order valence-electron chi connectivity index (χ2n) is 10.1. The van der Waals surface area contributed by atoms with E-state index in [9.17, 15) is 0 Å². The van der Waals surface area contributed by atoms with Crippen molar-refractivity contribution in [2.75, 3.05) is 0 Å². The van der Waals surface area contributed by atoms with Crippen LogP contribution in [0.15, 0.2) is 146 Å². The Bertz CT molecular complexity index is 2140. The molecule has 0 saturated heterocycles. The Balaban J connectivity index is 1.45. The first-order chi connectivity index (χ1) is 18.8.